The normalized spacial score (nSPS) is 12.1. The summed E-state index contributed by atoms with van der Waals surface area (Å²) in [5, 5.41) is 23.0. The summed E-state index contributed by atoms with van der Waals surface area (Å²) in [7, 11) is 0. The molecule has 0 unspecified atom stereocenters. The van der Waals surface area contributed by atoms with Gasteiger partial charge in [-0.15, -0.1) is 0 Å². The largest absolute Gasteiger partial charge is 0.480 e. The van der Waals surface area contributed by atoms with E-state index in [-0.39, 0.29) is 10.7 Å². The molecule has 0 bridgehead atoms. The van der Waals surface area contributed by atoms with Gasteiger partial charge in [0.1, 0.15) is 6.04 Å². The summed E-state index contributed by atoms with van der Waals surface area (Å²) in [6, 6.07) is 4.57. The minimum Gasteiger partial charge on any atom is -0.480 e. The average molecular weight is 310 g/mol. The van der Waals surface area contributed by atoms with Crippen LogP contribution in [0.25, 0.3) is 0 Å². The van der Waals surface area contributed by atoms with Gasteiger partial charge in [-0.25, -0.2) is 9.59 Å². The van der Waals surface area contributed by atoms with E-state index in [9.17, 15) is 9.59 Å². The van der Waals surface area contributed by atoms with Gasteiger partial charge in [0.05, 0.1) is 22.3 Å². The molecule has 1 aromatic rings. The Morgan fingerprint density at radius 2 is 2.00 bits per heavy atom. The fraction of sp³-hybridized carbons (Fsp3) is 0.357. The third-order valence-corrected chi connectivity index (χ3v) is 3.06. The van der Waals surface area contributed by atoms with E-state index in [4.69, 9.17) is 22.0 Å². The second kappa shape index (κ2) is 6.46. The van der Waals surface area contributed by atoms with Gasteiger partial charge in [0.25, 0.3) is 0 Å². The first-order chi connectivity index (χ1) is 9.65. The molecular weight excluding hydrogens is 294 g/mol. The van der Waals surface area contributed by atoms with E-state index in [0.717, 1.165) is 0 Å². The van der Waals surface area contributed by atoms with E-state index >= 15 is 0 Å². The van der Waals surface area contributed by atoms with Crippen LogP contribution in [0.4, 0.5) is 10.5 Å². The minimum absolute atomic E-state index is 0.242. The van der Waals surface area contributed by atoms with Crippen LogP contribution in [0, 0.1) is 16.7 Å². The van der Waals surface area contributed by atoms with Crippen molar-refractivity contribution in [3.8, 4) is 6.07 Å². The summed E-state index contributed by atoms with van der Waals surface area (Å²) in [4.78, 5) is 23.1. The van der Waals surface area contributed by atoms with Gasteiger partial charge < -0.3 is 15.7 Å². The predicted molar refractivity (Wildman–Crippen MR) is 79.2 cm³/mol. The highest BCUT2D eigenvalue weighted by Gasteiger charge is 2.32. The molecule has 0 aromatic heterocycles. The Labute approximate surface area is 127 Å². The SMILES string of the molecule is CC(C)(C)[C@@H](NC(=O)Nc1cc(C#N)ccc1Cl)C(=O)O. The summed E-state index contributed by atoms with van der Waals surface area (Å²) >= 11 is 5.92. The number of benzene rings is 1. The van der Waals surface area contributed by atoms with Gasteiger partial charge >= 0.3 is 12.0 Å². The first kappa shape index (κ1) is 16.8. The van der Waals surface area contributed by atoms with Crippen LogP contribution in [0.5, 0.6) is 0 Å². The maximum absolute atomic E-state index is 11.9. The van der Waals surface area contributed by atoms with E-state index in [2.05, 4.69) is 10.6 Å². The van der Waals surface area contributed by atoms with Crippen LogP contribution in [-0.4, -0.2) is 23.1 Å². The van der Waals surface area contributed by atoms with Crippen molar-refractivity contribution in [3.63, 3.8) is 0 Å². The van der Waals surface area contributed by atoms with Gasteiger partial charge in [-0.3, -0.25) is 0 Å². The molecule has 21 heavy (non-hydrogen) atoms. The maximum Gasteiger partial charge on any atom is 0.326 e. The van der Waals surface area contributed by atoms with Crippen molar-refractivity contribution < 1.29 is 14.7 Å². The zero-order chi connectivity index (χ0) is 16.2. The molecule has 112 valence electrons. The number of carbonyl (C=O) groups is 2. The van der Waals surface area contributed by atoms with E-state index in [1.165, 1.54) is 18.2 Å². The van der Waals surface area contributed by atoms with Crippen molar-refractivity contribution in [2.75, 3.05) is 5.32 Å². The summed E-state index contributed by atoms with van der Waals surface area (Å²) in [6.07, 6.45) is 0. The first-order valence-electron chi connectivity index (χ1n) is 6.15. The summed E-state index contributed by atoms with van der Waals surface area (Å²) in [5.74, 6) is -1.13. The Morgan fingerprint density at radius 1 is 1.38 bits per heavy atom. The molecule has 0 radical (unpaired) electrons. The number of aliphatic carboxylic acids is 1. The summed E-state index contributed by atoms with van der Waals surface area (Å²) in [5.41, 5.74) is -0.0758. The minimum atomic E-state index is -1.13. The molecule has 1 aromatic carbocycles. The zero-order valence-corrected chi connectivity index (χ0v) is 12.7. The van der Waals surface area contributed by atoms with E-state index in [0.29, 0.717) is 5.56 Å². The molecule has 3 N–H and O–H groups in total. The lowest BCUT2D eigenvalue weighted by Gasteiger charge is -2.27. The van der Waals surface area contributed by atoms with Gasteiger partial charge in [0, 0.05) is 0 Å². The molecule has 1 atom stereocenters. The number of halogens is 1. The number of rotatable bonds is 3. The van der Waals surface area contributed by atoms with Crippen molar-refractivity contribution in [3.05, 3.63) is 28.8 Å². The molecule has 0 fully saturated rings. The van der Waals surface area contributed by atoms with Crippen LogP contribution in [0.2, 0.25) is 5.02 Å². The first-order valence-corrected chi connectivity index (χ1v) is 6.53. The number of anilines is 1. The number of urea groups is 1. The van der Waals surface area contributed by atoms with Gasteiger partial charge in [0.15, 0.2) is 0 Å². The van der Waals surface area contributed by atoms with Gasteiger partial charge in [0.2, 0.25) is 0 Å². The Morgan fingerprint density at radius 3 is 2.48 bits per heavy atom. The highest BCUT2D eigenvalue weighted by molar-refractivity contribution is 6.33. The molecule has 0 aliphatic rings. The molecule has 0 saturated carbocycles. The molecule has 6 nitrogen and oxygen atoms in total. The number of nitriles is 1. The smallest absolute Gasteiger partial charge is 0.326 e. The molecule has 0 aliphatic carbocycles. The number of carboxylic acids is 1. The van der Waals surface area contributed by atoms with Crippen molar-refractivity contribution in [1.82, 2.24) is 5.32 Å². The van der Waals surface area contributed by atoms with Crippen molar-refractivity contribution >= 4 is 29.3 Å². The Bertz CT molecular complexity index is 602. The van der Waals surface area contributed by atoms with Crippen LogP contribution < -0.4 is 10.6 Å². The van der Waals surface area contributed by atoms with Crippen LogP contribution in [0.3, 0.4) is 0 Å². The van der Waals surface area contributed by atoms with Gasteiger partial charge in [-0.2, -0.15) is 5.26 Å². The third kappa shape index (κ3) is 4.65. The Hall–Kier alpha value is -2.26. The predicted octanol–water partition coefficient (Wildman–Crippen LogP) is 2.83. The average Bonchev–Trinajstić information content (AvgIpc) is 2.37. The highest BCUT2D eigenvalue weighted by atomic mass is 35.5. The van der Waals surface area contributed by atoms with Gasteiger partial charge in [-0.05, 0) is 23.6 Å². The molecule has 0 heterocycles. The zero-order valence-electron chi connectivity index (χ0n) is 11.9. The molecule has 0 spiro atoms. The van der Waals surface area contributed by atoms with Gasteiger partial charge in [-0.1, -0.05) is 32.4 Å². The fourth-order valence-electron chi connectivity index (χ4n) is 1.63. The lowest BCUT2D eigenvalue weighted by Crippen LogP contribution is -2.50. The van der Waals surface area contributed by atoms with Crippen LogP contribution in [-0.2, 0) is 4.79 Å². The number of amides is 2. The number of carbonyl (C=O) groups excluding carboxylic acids is 1. The lowest BCUT2D eigenvalue weighted by atomic mass is 9.87. The molecule has 7 heteroatoms. The van der Waals surface area contributed by atoms with Crippen LogP contribution >= 0.6 is 11.6 Å². The molecule has 0 saturated heterocycles. The molecule has 1 rings (SSSR count). The second-order valence-electron chi connectivity index (χ2n) is 5.54. The number of hydrogen-bond donors (Lipinski definition) is 3. The molecule has 2 amide bonds. The number of carboxylic acid groups (broad SMARTS) is 1. The van der Waals surface area contributed by atoms with Crippen molar-refractivity contribution in [1.29, 1.82) is 5.26 Å². The third-order valence-electron chi connectivity index (χ3n) is 2.73. The Kier molecular flexibility index (Phi) is 5.17. The second-order valence-corrected chi connectivity index (χ2v) is 5.95. The standard InChI is InChI=1S/C14H16ClN3O3/c1-14(2,3)11(12(19)20)18-13(21)17-10-6-8(7-16)4-5-9(10)15/h4-6,11H,1-3H3,(H,19,20)(H2,17,18,21)/t11-/m0/s1. The monoisotopic (exact) mass is 309 g/mol. The van der Waals surface area contributed by atoms with E-state index in [1.54, 1.807) is 20.8 Å². The van der Waals surface area contributed by atoms with Crippen molar-refractivity contribution in [2.45, 2.75) is 26.8 Å². The number of nitrogens with one attached hydrogen (secondary N) is 2. The van der Waals surface area contributed by atoms with E-state index < -0.39 is 23.5 Å². The summed E-state index contributed by atoms with van der Waals surface area (Å²) < 4.78 is 0. The molecule has 0 aliphatic heterocycles. The summed E-state index contributed by atoms with van der Waals surface area (Å²) in [6.45, 7) is 5.11. The van der Waals surface area contributed by atoms with E-state index in [1.807, 2.05) is 6.07 Å². The maximum atomic E-state index is 11.9. The fourth-order valence-corrected chi connectivity index (χ4v) is 1.79. The quantitative estimate of drug-likeness (QED) is 0.798. The van der Waals surface area contributed by atoms with Crippen LogP contribution in [0.1, 0.15) is 26.3 Å². The van der Waals surface area contributed by atoms with Crippen molar-refractivity contribution in [2.24, 2.45) is 5.41 Å². The number of hydrogen-bond acceptors (Lipinski definition) is 3. The number of nitrogens with zero attached hydrogens (tertiary/aromatic N) is 1. The highest BCUT2D eigenvalue weighted by Crippen LogP contribution is 2.23. The topological polar surface area (TPSA) is 102 Å². The Balaban J connectivity index is 2.87. The van der Waals surface area contributed by atoms with Crippen LogP contribution in [0.15, 0.2) is 18.2 Å². The molecular formula is C14H16ClN3O3. The lowest BCUT2D eigenvalue weighted by molar-refractivity contribution is -0.141.